The summed E-state index contributed by atoms with van der Waals surface area (Å²) in [5, 5.41) is 0. The van der Waals surface area contributed by atoms with Crippen LogP contribution in [0.4, 0.5) is 0 Å². The minimum atomic E-state index is 0.692. The molecular weight excluding hydrogens is 150 g/mol. The molecule has 1 saturated heterocycles. The monoisotopic (exact) mass is 171 g/mol. The first kappa shape index (κ1) is 10.0. The Hall–Kier alpha value is -0.0800. The van der Waals surface area contributed by atoms with Gasteiger partial charge in [0.25, 0.3) is 0 Å². The number of rotatable bonds is 4. The molecule has 72 valence electrons. The van der Waals surface area contributed by atoms with Crippen molar-refractivity contribution in [2.75, 3.05) is 26.8 Å². The fourth-order valence-electron chi connectivity index (χ4n) is 1.99. The molecule has 1 atom stereocenters. The maximum Gasteiger partial charge on any atom is 0.0618 e. The van der Waals surface area contributed by atoms with E-state index in [-0.39, 0.29) is 0 Å². The Bertz CT molecular complexity index is 125. The molecule has 1 aliphatic heterocycles. The minimum absolute atomic E-state index is 0.692. The van der Waals surface area contributed by atoms with Crippen LogP contribution in [0, 0.1) is 5.92 Å². The lowest BCUT2D eigenvalue weighted by Gasteiger charge is -2.25. The summed E-state index contributed by atoms with van der Waals surface area (Å²) in [6.07, 6.45) is 2.67. The van der Waals surface area contributed by atoms with Crippen molar-refractivity contribution in [1.82, 2.24) is 4.90 Å². The standard InChI is InChI=1S/C10H21NO/c1-9(2)7-11-6-4-5-10(11)8-12-3/h9-10H,4-8H2,1-3H3/t10-/m1/s1. The van der Waals surface area contributed by atoms with Crippen LogP contribution in [0.2, 0.25) is 0 Å². The summed E-state index contributed by atoms with van der Waals surface area (Å²) >= 11 is 0. The third kappa shape index (κ3) is 2.76. The topological polar surface area (TPSA) is 12.5 Å². The van der Waals surface area contributed by atoms with Crippen molar-refractivity contribution in [3.05, 3.63) is 0 Å². The molecule has 0 N–H and O–H groups in total. The van der Waals surface area contributed by atoms with Crippen LogP contribution in [0.1, 0.15) is 26.7 Å². The molecule has 12 heavy (non-hydrogen) atoms. The first-order valence-electron chi connectivity index (χ1n) is 4.97. The third-order valence-corrected chi connectivity index (χ3v) is 2.46. The van der Waals surface area contributed by atoms with Crippen molar-refractivity contribution in [3.8, 4) is 0 Å². The van der Waals surface area contributed by atoms with Gasteiger partial charge in [-0.15, -0.1) is 0 Å². The van der Waals surface area contributed by atoms with Crippen molar-refractivity contribution < 1.29 is 4.74 Å². The van der Waals surface area contributed by atoms with Gasteiger partial charge in [-0.05, 0) is 25.3 Å². The van der Waals surface area contributed by atoms with Crippen molar-refractivity contribution in [1.29, 1.82) is 0 Å². The zero-order chi connectivity index (χ0) is 8.97. The summed E-state index contributed by atoms with van der Waals surface area (Å²) in [6, 6.07) is 0.692. The van der Waals surface area contributed by atoms with E-state index in [2.05, 4.69) is 18.7 Å². The van der Waals surface area contributed by atoms with E-state index >= 15 is 0 Å². The minimum Gasteiger partial charge on any atom is -0.383 e. The summed E-state index contributed by atoms with van der Waals surface area (Å²) in [4.78, 5) is 2.56. The van der Waals surface area contributed by atoms with Gasteiger partial charge in [0.15, 0.2) is 0 Å². The first-order chi connectivity index (χ1) is 5.74. The molecule has 0 aliphatic carbocycles. The largest absolute Gasteiger partial charge is 0.383 e. The number of methoxy groups -OCH3 is 1. The second kappa shape index (κ2) is 4.83. The van der Waals surface area contributed by atoms with Crippen LogP contribution in [0.5, 0.6) is 0 Å². The van der Waals surface area contributed by atoms with Gasteiger partial charge in [-0.25, -0.2) is 0 Å². The summed E-state index contributed by atoms with van der Waals surface area (Å²) in [5.41, 5.74) is 0. The predicted molar refractivity (Wildman–Crippen MR) is 51.3 cm³/mol. The van der Waals surface area contributed by atoms with Gasteiger partial charge in [0.05, 0.1) is 6.61 Å². The van der Waals surface area contributed by atoms with E-state index in [1.165, 1.54) is 25.9 Å². The van der Waals surface area contributed by atoms with Crippen LogP contribution in [0.25, 0.3) is 0 Å². The van der Waals surface area contributed by atoms with Gasteiger partial charge >= 0.3 is 0 Å². The third-order valence-electron chi connectivity index (χ3n) is 2.46. The second-order valence-corrected chi connectivity index (χ2v) is 4.14. The Morgan fingerprint density at radius 1 is 1.50 bits per heavy atom. The normalized spacial score (nSPS) is 25.5. The average molecular weight is 171 g/mol. The maximum atomic E-state index is 5.20. The van der Waals surface area contributed by atoms with E-state index < -0.39 is 0 Å². The number of hydrogen-bond acceptors (Lipinski definition) is 2. The molecule has 0 saturated carbocycles. The summed E-state index contributed by atoms with van der Waals surface area (Å²) in [5.74, 6) is 0.780. The molecule has 0 aromatic carbocycles. The molecule has 1 aliphatic rings. The zero-order valence-electron chi connectivity index (χ0n) is 8.55. The highest BCUT2D eigenvalue weighted by Crippen LogP contribution is 2.18. The van der Waals surface area contributed by atoms with Gasteiger partial charge in [0.1, 0.15) is 0 Å². The molecule has 0 aromatic heterocycles. The molecule has 2 nitrogen and oxygen atoms in total. The predicted octanol–water partition coefficient (Wildman–Crippen LogP) is 1.75. The molecule has 0 bridgehead atoms. The number of likely N-dealkylation sites (tertiary alicyclic amines) is 1. The van der Waals surface area contributed by atoms with Crippen LogP contribution >= 0.6 is 0 Å². The molecule has 0 amide bonds. The van der Waals surface area contributed by atoms with Crippen molar-refractivity contribution in [2.45, 2.75) is 32.7 Å². The number of hydrogen-bond donors (Lipinski definition) is 0. The van der Waals surface area contributed by atoms with E-state index in [4.69, 9.17) is 4.74 Å². The maximum absolute atomic E-state index is 5.20. The Morgan fingerprint density at radius 2 is 2.25 bits per heavy atom. The van der Waals surface area contributed by atoms with Crippen molar-refractivity contribution in [2.24, 2.45) is 5.92 Å². The Balaban J connectivity index is 2.30. The summed E-state index contributed by atoms with van der Waals surface area (Å²) in [7, 11) is 1.80. The molecule has 0 aromatic rings. The SMILES string of the molecule is COC[C@H]1CCCN1CC(C)C. The molecule has 1 fully saturated rings. The fraction of sp³-hybridized carbons (Fsp3) is 1.00. The van der Waals surface area contributed by atoms with E-state index in [1.807, 2.05) is 0 Å². The summed E-state index contributed by atoms with van der Waals surface area (Å²) < 4.78 is 5.20. The second-order valence-electron chi connectivity index (χ2n) is 4.14. The quantitative estimate of drug-likeness (QED) is 0.639. The number of ether oxygens (including phenoxy) is 1. The smallest absolute Gasteiger partial charge is 0.0618 e. The number of nitrogens with zero attached hydrogens (tertiary/aromatic N) is 1. The molecule has 1 rings (SSSR count). The lowest BCUT2D eigenvalue weighted by atomic mass is 10.2. The zero-order valence-corrected chi connectivity index (χ0v) is 8.55. The van der Waals surface area contributed by atoms with E-state index in [1.54, 1.807) is 7.11 Å². The van der Waals surface area contributed by atoms with Crippen LogP contribution in [-0.4, -0.2) is 37.7 Å². The Morgan fingerprint density at radius 3 is 2.83 bits per heavy atom. The molecule has 0 unspecified atom stereocenters. The Labute approximate surface area is 75.9 Å². The molecule has 0 spiro atoms. The van der Waals surface area contributed by atoms with Gasteiger partial charge in [0, 0.05) is 19.7 Å². The van der Waals surface area contributed by atoms with Gasteiger partial charge in [-0.3, -0.25) is 4.90 Å². The van der Waals surface area contributed by atoms with Crippen molar-refractivity contribution >= 4 is 0 Å². The van der Waals surface area contributed by atoms with Gasteiger partial charge in [-0.2, -0.15) is 0 Å². The first-order valence-corrected chi connectivity index (χ1v) is 4.97. The highest BCUT2D eigenvalue weighted by atomic mass is 16.5. The molecule has 1 heterocycles. The van der Waals surface area contributed by atoms with Gasteiger partial charge in [-0.1, -0.05) is 13.8 Å². The van der Waals surface area contributed by atoms with Gasteiger partial charge < -0.3 is 4.74 Å². The van der Waals surface area contributed by atoms with E-state index in [0.717, 1.165) is 12.5 Å². The fourth-order valence-corrected chi connectivity index (χ4v) is 1.99. The van der Waals surface area contributed by atoms with Crippen LogP contribution in [0.3, 0.4) is 0 Å². The van der Waals surface area contributed by atoms with Crippen LogP contribution in [-0.2, 0) is 4.74 Å². The Kier molecular flexibility index (Phi) is 4.02. The highest BCUT2D eigenvalue weighted by molar-refractivity contribution is 4.79. The van der Waals surface area contributed by atoms with E-state index in [0.29, 0.717) is 6.04 Å². The molecular formula is C10H21NO. The van der Waals surface area contributed by atoms with Gasteiger partial charge in [0.2, 0.25) is 0 Å². The van der Waals surface area contributed by atoms with Crippen molar-refractivity contribution in [3.63, 3.8) is 0 Å². The van der Waals surface area contributed by atoms with Crippen LogP contribution < -0.4 is 0 Å². The summed E-state index contributed by atoms with van der Waals surface area (Å²) in [6.45, 7) is 7.97. The lowest BCUT2D eigenvalue weighted by molar-refractivity contribution is 0.109. The molecule has 0 radical (unpaired) electrons. The lowest BCUT2D eigenvalue weighted by Crippen LogP contribution is -2.35. The highest BCUT2D eigenvalue weighted by Gasteiger charge is 2.24. The van der Waals surface area contributed by atoms with Crippen LogP contribution in [0.15, 0.2) is 0 Å². The average Bonchev–Trinajstić information content (AvgIpc) is 2.37. The molecule has 2 heteroatoms. The van der Waals surface area contributed by atoms with E-state index in [9.17, 15) is 0 Å².